The summed E-state index contributed by atoms with van der Waals surface area (Å²) in [6, 6.07) is 10.6. The number of hydrogen-bond donors (Lipinski definition) is 0. The first-order chi connectivity index (χ1) is 15.7. The van der Waals surface area contributed by atoms with Crippen LogP contribution in [0.4, 0.5) is 4.39 Å². The van der Waals surface area contributed by atoms with Gasteiger partial charge in [0.2, 0.25) is 0 Å². The van der Waals surface area contributed by atoms with Crippen molar-refractivity contribution in [1.82, 2.24) is 4.90 Å². The largest absolute Gasteiger partial charge is 0.457 e. The monoisotopic (exact) mass is 452 g/mol. The van der Waals surface area contributed by atoms with Gasteiger partial charge in [-0.3, -0.25) is 14.7 Å². The number of nitrogens with zero attached hydrogens (tertiary/aromatic N) is 2. The van der Waals surface area contributed by atoms with E-state index in [-0.39, 0.29) is 17.8 Å². The molecule has 0 spiro atoms. The van der Waals surface area contributed by atoms with Gasteiger partial charge in [-0.25, -0.2) is 4.39 Å². The van der Waals surface area contributed by atoms with Crippen molar-refractivity contribution in [3.05, 3.63) is 52.9 Å². The van der Waals surface area contributed by atoms with Crippen molar-refractivity contribution in [2.75, 3.05) is 0 Å². The number of rotatable bonds is 4. The fourth-order valence-corrected chi connectivity index (χ4v) is 6.05. The van der Waals surface area contributed by atoms with Crippen molar-refractivity contribution in [3.63, 3.8) is 0 Å². The van der Waals surface area contributed by atoms with Crippen LogP contribution in [0.5, 0.6) is 0 Å². The van der Waals surface area contributed by atoms with Gasteiger partial charge < -0.3 is 4.42 Å². The van der Waals surface area contributed by atoms with Crippen molar-refractivity contribution in [3.8, 4) is 11.3 Å². The van der Waals surface area contributed by atoms with Gasteiger partial charge in [-0.2, -0.15) is 0 Å². The Labute approximate surface area is 193 Å². The average Bonchev–Trinajstić information content (AvgIpc) is 3.40. The molecule has 0 atom stereocenters. The first-order valence-electron chi connectivity index (χ1n) is 11.8. The minimum absolute atomic E-state index is 0.0418. The number of aliphatic imine (C=N–C) groups is 1. The first-order valence-corrected chi connectivity index (χ1v) is 12.7. The zero-order valence-electron chi connectivity index (χ0n) is 18.3. The maximum Gasteiger partial charge on any atom is 0.267 e. The highest BCUT2D eigenvalue weighted by Crippen LogP contribution is 2.39. The third-order valence-electron chi connectivity index (χ3n) is 6.65. The number of carbonyl (C=O) groups is 1. The van der Waals surface area contributed by atoms with Crippen LogP contribution >= 0.6 is 11.8 Å². The van der Waals surface area contributed by atoms with Crippen molar-refractivity contribution in [1.29, 1.82) is 0 Å². The molecule has 2 heterocycles. The summed E-state index contributed by atoms with van der Waals surface area (Å²) in [5.41, 5.74) is 0.684. The van der Waals surface area contributed by atoms with E-state index in [4.69, 9.17) is 9.41 Å². The second-order valence-corrected chi connectivity index (χ2v) is 10.0. The van der Waals surface area contributed by atoms with E-state index in [0.29, 0.717) is 28.0 Å². The van der Waals surface area contributed by atoms with Gasteiger partial charge in [-0.05, 0) is 61.7 Å². The molecule has 0 radical (unpaired) electrons. The molecule has 1 amide bonds. The summed E-state index contributed by atoms with van der Waals surface area (Å²) in [5.74, 6) is 0.932. The second kappa shape index (κ2) is 9.65. The number of thioether (sulfide) groups is 1. The molecule has 0 unspecified atom stereocenters. The number of amidine groups is 1. The van der Waals surface area contributed by atoms with Gasteiger partial charge >= 0.3 is 0 Å². The predicted molar refractivity (Wildman–Crippen MR) is 128 cm³/mol. The van der Waals surface area contributed by atoms with E-state index >= 15 is 0 Å². The van der Waals surface area contributed by atoms with Gasteiger partial charge in [-0.1, -0.05) is 50.7 Å². The Hall–Kier alpha value is -2.34. The normalized spacial score (nSPS) is 23.5. The summed E-state index contributed by atoms with van der Waals surface area (Å²) < 4.78 is 19.5. The van der Waals surface area contributed by atoms with E-state index in [1.54, 1.807) is 6.07 Å². The molecular weight excluding hydrogens is 423 g/mol. The summed E-state index contributed by atoms with van der Waals surface area (Å²) in [4.78, 5) is 21.1. The third-order valence-corrected chi connectivity index (χ3v) is 7.65. The van der Waals surface area contributed by atoms with Crippen LogP contribution in [0.1, 0.15) is 70.0 Å². The maximum absolute atomic E-state index is 13.6. The Morgan fingerprint density at radius 3 is 2.50 bits per heavy atom. The summed E-state index contributed by atoms with van der Waals surface area (Å²) in [5, 5.41) is 0.872. The lowest BCUT2D eigenvalue weighted by molar-refractivity contribution is -0.124. The Balaban J connectivity index is 1.42. The van der Waals surface area contributed by atoms with Crippen LogP contribution in [0.25, 0.3) is 17.4 Å². The van der Waals surface area contributed by atoms with Crippen LogP contribution in [0.2, 0.25) is 0 Å². The van der Waals surface area contributed by atoms with E-state index in [9.17, 15) is 9.18 Å². The predicted octanol–water partition coefficient (Wildman–Crippen LogP) is 7.02. The van der Waals surface area contributed by atoms with E-state index in [0.717, 1.165) is 30.9 Å². The molecule has 0 N–H and O–H groups in total. The molecule has 6 heteroatoms. The van der Waals surface area contributed by atoms with Crippen LogP contribution in [0.15, 0.2) is 50.7 Å². The molecule has 3 fully saturated rings. The van der Waals surface area contributed by atoms with Gasteiger partial charge in [-0.15, -0.1) is 0 Å². The topological polar surface area (TPSA) is 45.8 Å². The van der Waals surface area contributed by atoms with Crippen molar-refractivity contribution < 1.29 is 13.6 Å². The van der Waals surface area contributed by atoms with Gasteiger partial charge in [0.15, 0.2) is 5.17 Å². The van der Waals surface area contributed by atoms with Crippen molar-refractivity contribution >= 4 is 28.9 Å². The lowest BCUT2D eigenvalue weighted by atomic mass is 9.94. The third kappa shape index (κ3) is 4.70. The second-order valence-electron chi connectivity index (χ2n) is 8.99. The van der Waals surface area contributed by atoms with Gasteiger partial charge in [0.25, 0.3) is 5.91 Å². The molecule has 4 nitrogen and oxygen atoms in total. The Bertz CT molecular complexity index is 1030. The van der Waals surface area contributed by atoms with E-state index in [1.807, 2.05) is 29.2 Å². The standard InChI is InChI=1S/C26H29FN2O2S/c27-19-9-7-8-18(16-19)23-15-14-22(31-23)17-24-25(30)29(21-12-5-2-6-13-21)26(32-24)28-20-10-3-1-4-11-20/h7-9,14-17,20-21H,1-6,10-13H2. The fourth-order valence-electron chi connectivity index (χ4n) is 4.96. The molecular formula is C26H29FN2O2S. The summed E-state index contributed by atoms with van der Waals surface area (Å²) >= 11 is 1.48. The van der Waals surface area contributed by atoms with Crippen LogP contribution in [0, 0.1) is 5.82 Å². The minimum atomic E-state index is -0.299. The van der Waals surface area contributed by atoms with Gasteiger partial charge in [0.1, 0.15) is 17.3 Å². The number of halogens is 1. The molecule has 1 saturated heterocycles. The fraction of sp³-hybridized carbons (Fsp3) is 0.462. The van der Waals surface area contributed by atoms with E-state index < -0.39 is 0 Å². The lowest BCUT2D eigenvalue weighted by Gasteiger charge is -2.31. The van der Waals surface area contributed by atoms with Crippen LogP contribution in [0.3, 0.4) is 0 Å². The Kier molecular flexibility index (Phi) is 6.49. The molecule has 1 aromatic carbocycles. The summed E-state index contributed by atoms with van der Waals surface area (Å²) in [7, 11) is 0. The molecule has 5 rings (SSSR count). The lowest BCUT2D eigenvalue weighted by Crippen LogP contribution is -2.41. The van der Waals surface area contributed by atoms with Crippen molar-refractivity contribution in [2.24, 2.45) is 4.99 Å². The zero-order chi connectivity index (χ0) is 21.9. The zero-order valence-corrected chi connectivity index (χ0v) is 19.1. The number of carbonyl (C=O) groups excluding carboxylic acids is 1. The molecule has 2 aromatic rings. The van der Waals surface area contributed by atoms with Crippen LogP contribution in [-0.2, 0) is 4.79 Å². The molecule has 2 aliphatic carbocycles. The van der Waals surface area contributed by atoms with Gasteiger partial charge in [0.05, 0.1) is 10.9 Å². The van der Waals surface area contributed by atoms with Crippen LogP contribution < -0.4 is 0 Å². The molecule has 1 aliphatic heterocycles. The number of hydrogen-bond acceptors (Lipinski definition) is 4. The molecule has 0 bridgehead atoms. The Morgan fingerprint density at radius 1 is 1.00 bits per heavy atom. The summed E-state index contributed by atoms with van der Waals surface area (Å²) in [6.45, 7) is 0. The molecule has 168 valence electrons. The van der Waals surface area contributed by atoms with E-state index in [1.165, 1.54) is 62.4 Å². The molecule has 2 saturated carbocycles. The Morgan fingerprint density at radius 2 is 1.75 bits per heavy atom. The van der Waals surface area contributed by atoms with Gasteiger partial charge in [0, 0.05) is 17.7 Å². The minimum Gasteiger partial charge on any atom is -0.457 e. The highest BCUT2D eigenvalue weighted by atomic mass is 32.2. The highest BCUT2D eigenvalue weighted by Gasteiger charge is 2.39. The van der Waals surface area contributed by atoms with Crippen molar-refractivity contribution in [2.45, 2.75) is 76.3 Å². The molecule has 32 heavy (non-hydrogen) atoms. The average molecular weight is 453 g/mol. The van der Waals surface area contributed by atoms with Crippen LogP contribution in [-0.4, -0.2) is 28.1 Å². The number of furan rings is 1. The first kappa shape index (κ1) is 21.5. The SMILES string of the molecule is O=C1C(=Cc2ccc(-c3cccc(F)c3)o2)SC(=NC2CCCCC2)N1C1CCCCC1. The number of benzene rings is 1. The molecule has 3 aliphatic rings. The smallest absolute Gasteiger partial charge is 0.267 e. The molecule has 1 aromatic heterocycles. The summed E-state index contributed by atoms with van der Waals surface area (Å²) in [6.07, 6.45) is 13.5. The van der Waals surface area contributed by atoms with E-state index in [2.05, 4.69) is 0 Å². The highest BCUT2D eigenvalue weighted by molar-refractivity contribution is 8.18. The quantitative estimate of drug-likeness (QED) is 0.468. The number of amides is 1. The maximum atomic E-state index is 13.6.